The van der Waals surface area contributed by atoms with E-state index in [1.54, 1.807) is 25.7 Å². The molecule has 192 valence electrons. The molecule has 2 heterocycles. The van der Waals surface area contributed by atoms with Gasteiger partial charge in [0.15, 0.2) is 0 Å². The van der Waals surface area contributed by atoms with Gasteiger partial charge in [0.25, 0.3) is 5.91 Å². The molecule has 1 atom stereocenters. The fourth-order valence-electron chi connectivity index (χ4n) is 4.24. The van der Waals surface area contributed by atoms with Gasteiger partial charge in [0.2, 0.25) is 0 Å². The average Bonchev–Trinajstić information content (AvgIpc) is 2.79. The summed E-state index contributed by atoms with van der Waals surface area (Å²) in [4.78, 5) is 26.5. The van der Waals surface area contributed by atoms with Crippen molar-refractivity contribution in [2.24, 2.45) is 0 Å². The van der Waals surface area contributed by atoms with Gasteiger partial charge in [-0.3, -0.25) is 9.59 Å². The number of hydrogen-bond donors (Lipinski definition) is 3. The zero-order valence-corrected chi connectivity index (χ0v) is 19.8. The van der Waals surface area contributed by atoms with Crippen molar-refractivity contribution in [3.63, 3.8) is 0 Å². The van der Waals surface area contributed by atoms with Crippen molar-refractivity contribution < 1.29 is 37.0 Å². The van der Waals surface area contributed by atoms with Gasteiger partial charge in [0.05, 0.1) is 35.1 Å². The molecule has 2 aromatic carbocycles. The fourth-order valence-corrected chi connectivity index (χ4v) is 4.24. The Morgan fingerprint density at radius 1 is 1.14 bits per heavy atom. The number of esters is 1. The predicted molar refractivity (Wildman–Crippen MR) is 125 cm³/mol. The van der Waals surface area contributed by atoms with Gasteiger partial charge in [-0.05, 0) is 50.6 Å². The summed E-state index contributed by atoms with van der Waals surface area (Å²) in [5.74, 6) is -2.31. The third-order valence-corrected chi connectivity index (χ3v) is 5.78. The molecule has 1 amide bonds. The molecule has 1 unspecified atom stereocenters. The molecule has 2 aliphatic rings. The summed E-state index contributed by atoms with van der Waals surface area (Å²) in [6.07, 6.45) is -4.48. The van der Waals surface area contributed by atoms with Crippen LogP contribution in [0.25, 0.3) is 5.76 Å². The Bertz CT molecular complexity index is 1230. The predicted octanol–water partition coefficient (Wildman–Crippen LogP) is 4.56. The van der Waals surface area contributed by atoms with Gasteiger partial charge < -0.3 is 25.4 Å². The minimum absolute atomic E-state index is 0.0308. The first-order valence-electron chi connectivity index (χ1n) is 11.2. The van der Waals surface area contributed by atoms with Crippen LogP contribution in [0.3, 0.4) is 0 Å². The van der Waals surface area contributed by atoms with E-state index in [4.69, 9.17) is 4.74 Å². The fraction of sp³-hybridized carbons (Fsp3) is 0.360. The van der Waals surface area contributed by atoms with E-state index >= 15 is 0 Å². The summed E-state index contributed by atoms with van der Waals surface area (Å²) in [5.41, 5.74) is -0.432. The first-order chi connectivity index (χ1) is 16.7. The van der Waals surface area contributed by atoms with Crippen LogP contribution >= 0.6 is 0 Å². The van der Waals surface area contributed by atoms with Crippen molar-refractivity contribution >= 4 is 29.0 Å². The number of hydrogen-bond acceptors (Lipinski definition) is 6. The molecule has 7 nitrogen and oxygen atoms in total. The highest BCUT2D eigenvalue weighted by atomic mass is 19.4. The van der Waals surface area contributed by atoms with Gasteiger partial charge in [0, 0.05) is 12.1 Å². The first kappa shape index (κ1) is 25.3. The van der Waals surface area contributed by atoms with Gasteiger partial charge in [-0.2, -0.15) is 13.2 Å². The summed E-state index contributed by atoms with van der Waals surface area (Å²) < 4.78 is 58.8. The minimum Gasteiger partial charge on any atom is -0.507 e. The molecule has 0 saturated carbocycles. The van der Waals surface area contributed by atoms with E-state index in [2.05, 4.69) is 10.6 Å². The highest BCUT2D eigenvalue weighted by molar-refractivity contribution is 6.05. The molecule has 4 rings (SSSR count). The van der Waals surface area contributed by atoms with Crippen LogP contribution in [0.1, 0.15) is 43.5 Å². The maximum Gasteiger partial charge on any atom is 0.416 e. The number of benzene rings is 2. The number of nitrogens with zero attached hydrogens (tertiary/aromatic N) is 1. The Morgan fingerprint density at radius 3 is 2.42 bits per heavy atom. The second-order valence-electron chi connectivity index (χ2n) is 9.61. The monoisotopic (exact) mass is 507 g/mol. The van der Waals surface area contributed by atoms with E-state index in [9.17, 15) is 32.3 Å². The topological polar surface area (TPSA) is 90.9 Å². The lowest BCUT2D eigenvalue weighted by molar-refractivity contribution is -0.154. The van der Waals surface area contributed by atoms with E-state index in [0.29, 0.717) is 11.3 Å². The summed E-state index contributed by atoms with van der Waals surface area (Å²) in [5, 5.41) is 16.3. The molecular weight excluding hydrogens is 482 g/mol. The van der Waals surface area contributed by atoms with Gasteiger partial charge in [-0.15, -0.1) is 0 Å². The van der Waals surface area contributed by atoms with Crippen molar-refractivity contribution in [2.45, 2.75) is 38.6 Å². The molecule has 0 aromatic heterocycles. The number of nitrogens with one attached hydrogen (secondary N) is 2. The number of alkyl halides is 3. The number of rotatable bonds is 4. The second-order valence-corrected chi connectivity index (χ2v) is 9.61. The lowest BCUT2D eigenvalue weighted by Gasteiger charge is -2.41. The Hall–Kier alpha value is -3.76. The number of amides is 1. The smallest absolute Gasteiger partial charge is 0.416 e. The molecule has 0 bridgehead atoms. The van der Waals surface area contributed by atoms with Crippen LogP contribution in [0.2, 0.25) is 0 Å². The molecule has 36 heavy (non-hydrogen) atoms. The van der Waals surface area contributed by atoms with Gasteiger partial charge in [0.1, 0.15) is 23.7 Å². The largest absolute Gasteiger partial charge is 0.507 e. The van der Waals surface area contributed by atoms with Crippen LogP contribution in [0.5, 0.6) is 0 Å². The summed E-state index contributed by atoms with van der Waals surface area (Å²) in [6, 6.07) is 6.44. The maximum atomic E-state index is 14.8. The van der Waals surface area contributed by atoms with Crippen molar-refractivity contribution in [1.82, 2.24) is 5.32 Å². The Kier molecular flexibility index (Phi) is 6.36. The first-order valence-corrected chi connectivity index (χ1v) is 11.2. The number of aliphatic hydroxyl groups is 1. The van der Waals surface area contributed by atoms with Gasteiger partial charge in [-0.25, -0.2) is 4.39 Å². The summed E-state index contributed by atoms with van der Waals surface area (Å²) >= 11 is 0. The second kappa shape index (κ2) is 9.03. The van der Waals surface area contributed by atoms with Crippen molar-refractivity contribution in [2.75, 3.05) is 29.9 Å². The third kappa shape index (κ3) is 5.09. The maximum absolute atomic E-state index is 14.8. The van der Waals surface area contributed by atoms with Crippen LogP contribution in [-0.2, 0) is 20.5 Å². The van der Waals surface area contributed by atoms with E-state index in [1.807, 2.05) is 0 Å². The molecule has 0 spiro atoms. The molecule has 0 radical (unpaired) electrons. The Morgan fingerprint density at radius 2 is 1.81 bits per heavy atom. The zero-order valence-electron chi connectivity index (χ0n) is 19.8. The lowest BCUT2D eigenvalue weighted by Crippen LogP contribution is -2.44. The number of halogens is 4. The van der Waals surface area contributed by atoms with Crippen molar-refractivity contribution in [1.29, 1.82) is 0 Å². The molecular formula is C25H25F4N3O4. The van der Waals surface area contributed by atoms with E-state index in [0.717, 1.165) is 18.2 Å². The van der Waals surface area contributed by atoms with E-state index in [-0.39, 0.29) is 35.7 Å². The van der Waals surface area contributed by atoms with Gasteiger partial charge in [-0.1, -0.05) is 12.1 Å². The van der Waals surface area contributed by atoms with E-state index in [1.165, 1.54) is 18.2 Å². The number of anilines is 2. The van der Waals surface area contributed by atoms with Crippen molar-refractivity contribution in [3.8, 4) is 0 Å². The van der Waals surface area contributed by atoms with Crippen LogP contribution in [0.15, 0.2) is 42.0 Å². The zero-order chi connectivity index (χ0) is 26.4. The third-order valence-electron chi connectivity index (χ3n) is 5.78. The standard InChI is InChI=1S/C25H25F4N3O4/c1-24(2,3)36-19(33)10-30-23(35)16-11-32-12-18(13-4-6-14(7-5-13)25(27,28)29)31-20-17(26)9-8-15(21(20)32)22(16)34/h4-9,18,31,34H,10-12H2,1-3H3,(H,30,35). The number of carbonyl (C=O) groups excluding carboxylic acids is 2. The number of ether oxygens (including phenoxy) is 1. The highest BCUT2D eigenvalue weighted by Crippen LogP contribution is 2.45. The molecule has 0 aliphatic carbocycles. The number of aliphatic hydroxyl groups excluding tert-OH is 1. The molecule has 0 fully saturated rings. The SMILES string of the molecule is CC(C)(C)OC(=O)CNC(=O)C1=C(O)c2ccc(F)c3c2N(C1)CC(c1ccc(C(F)(F)F)cc1)N3. The van der Waals surface area contributed by atoms with Crippen molar-refractivity contribution in [3.05, 3.63) is 64.5 Å². The van der Waals surface area contributed by atoms with E-state index < -0.39 is 47.6 Å². The van der Waals surface area contributed by atoms with Crippen LogP contribution in [0.4, 0.5) is 28.9 Å². The molecule has 0 saturated heterocycles. The molecule has 3 N–H and O–H groups in total. The molecule has 2 aromatic rings. The quantitative estimate of drug-likeness (QED) is 0.415. The summed E-state index contributed by atoms with van der Waals surface area (Å²) in [7, 11) is 0. The number of carbonyl (C=O) groups is 2. The van der Waals surface area contributed by atoms with Crippen LogP contribution < -0.4 is 15.5 Å². The minimum atomic E-state index is -4.48. The average molecular weight is 507 g/mol. The molecule has 11 heteroatoms. The highest BCUT2D eigenvalue weighted by Gasteiger charge is 2.37. The Labute approximate surface area is 204 Å². The van der Waals surface area contributed by atoms with Crippen LogP contribution in [0, 0.1) is 5.82 Å². The Balaban J connectivity index is 1.59. The van der Waals surface area contributed by atoms with Gasteiger partial charge >= 0.3 is 12.1 Å². The summed E-state index contributed by atoms with van der Waals surface area (Å²) in [6.45, 7) is 4.73. The van der Waals surface area contributed by atoms with Crippen LogP contribution in [-0.4, -0.2) is 42.2 Å². The lowest BCUT2D eigenvalue weighted by atomic mass is 9.93. The normalized spacial score (nSPS) is 17.3. The molecule has 2 aliphatic heterocycles.